The first-order valence-electron chi connectivity index (χ1n) is 6.00. The summed E-state index contributed by atoms with van der Waals surface area (Å²) in [6.45, 7) is 5.99. The highest BCUT2D eigenvalue weighted by Crippen LogP contribution is 2.18. The van der Waals surface area contributed by atoms with Gasteiger partial charge in [-0.2, -0.15) is 0 Å². The van der Waals surface area contributed by atoms with Gasteiger partial charge in [0.1, 0.15) is 0 Å². The molecule has 1 aromatic rings. The molecule has 0 amide bonds. The van der Waals surface area contributed by atoms with Gasteiger partial charge in [0.25, 0.3) is 0 Å². The van der Waals surface area contributed by atoms with Gasteiger partial charge >= 0.3 is 0 Å². The molecule has 2 unspecified atom stereocenters. The largest absolute Gasteiger partial charge is 0.424 e. The summed E-state index contributed by atoms with van der Waals surface area (Å²) in [5.41, 5.74) is 5.93. The molecule has 1 saturated heterocycles. The molecule has 0 saturated carbocycles. The van der Waals surface area contributed by atoms with Gasteiger partial charge in [-0.1, -0.05) is 6.92 Å². The molecule has 1 aliphatic heterocycles. The number of aryl methyl sites for hydroxylation is 1. The van der Waals surface area contributed by atoms with Gasteiger partial charge < -0.3 is 10.2 Å². The lowest BCUT2D eigenvalue weighted by Crippen LogP contribution is -2.45. The van der Waals surface area contributed by atoms with E-state index in [4.69, 9.17) is 10.2 Å². The Morgan fingerprint density at radius 3 is 2.81 bits per heavy atom. The standard InChI is InChI=1S/C11H20N4O/c1-3-10-13-14-11(16-10)7-15-5-4-9(12)6-8(15)2/h8-9H,3-7,12H2,1-2H3. The van der Waals surface area contributed by atoms with Crippen LogP contribution in [0.4, 0.5) is 0 Å². The topological polar surface area (TPSA) is 68.2 Å². The monoisotopic (exact) mass is 224 g/mol. The molecule has 1 fully saturated rings. The van der Waals surface area contributed by atoms with Gasteiger partial charge in [-0.05, 0) is 19.8 Å². The summed E-state index contributed by atoms with van der Waals surface area (Å²) in [7, 11) is 0. The van der Waals surface area contributed by atoms with Crippen LogP contribution >= 0.6 is 0 Å². The zero-order valence-corrected chi connectivity index (χ0v) is 10.0. The van der Waals surface area contributed by atoms with Gasteiger partial charge in [-0.15, -0.1) is 10.2 Å². The van der Waals surface area contributed by atoms with E-state index in [2.05, 4.69) is 22.0 Å². The number of hydrogen-bond acceptors (Lipinski definition) is 5. The van der Waals surface area contributed by atoms with Crippen molar-refractivity contribution in [2.75, 3.05) is 6.54 Å². The minimum atomic E-state index is 0.347. The molecular formula is C11H20N4O. The van der Waals surface area contributed by atoms with Crippen molar-refractivity contribution in [3.63, 3.8) is 0 Å². The van der Waals surface area contributed by atoms with Crippen LogP contribution in [0.2, 0.25) is 0 Å². The fraction of sp³-hybridized carbons (Fsp3) is 0.818. The van der Waals surface area contributed by atoms with Crippen molar-refractivity contribution < 1.29 is 4.42 Å². The maximum absolute atomic E-state index is 5.93. The lowest BCUT2D eigenvalue weighted by atomic mass is 9.99. The minimum absolute atomic E-state index is 0.347. The van der Waals surface area contributed by atoms with Crippen LogP contribution in [0, 0.1) is 0 Å². The molecule has 2 atom stereocenters. The molecule has 0 bridgehead atoms. The van der Waals surface area contributed by atoms with Gasteiger partial charge in [-0.25, -0.2) is 0 Å². The van der Waals surface area contributed by atoms with Gasteiger partial charge in [-0.3, -0.25) is 4.90 Å². The number of piperidine rings is 1. The first kappa shape index (κ1) is 11.5. The number of aromatic nitrogens is 2. The normalized spacial score (nSPS) is 27.2. The van der Waals surface area contributed by atoms with Crippen LogP contribution in [0.3, 0.4) is 0 Å². The van der Waals surface area contributed by atoms with E-state index in [9.17, 15) is 0 Å². The Balaban J connectivity index is 1.93. The molecule has 5 nitrogen and oxygen atoms in total. The third-order valence-corrected chi connectivity index (χ3v) is 3.20. The van der Waals surface area contributed by atoms with E-state index in [0.717, 1.165) is 44.1 Å². The SMILES string of the molecule is CCc1nnc(CN2CCC(N)CC2C)o1. The summed E-state index contributed by atoms with van der Waals surface area (Å²) in [5.74, 6) is 1.44. The van der Waals surface area contributed by atoms with Crippen molar-refractivity contribution in [3.8, 4) is 0 Å². The molecule has 16 heavy (non-hydrogen) atoms. The molecule has 5 heteroatoms. The summed E-state index contributed by atoms with van der Waals surface area (Å²) >= 11 is 0. The summed E-state index contributed by atoms with van der Waals surface area (Å²) in [6.07, 6.45) is 2.90. The second-order valence-electron chi connectivity index (χ2n) is 4.55. The third-order valence-electron chi connectivity index (χ3n) is 3.20. The Bertz CT molecular complexity index is 338. The van der Waals surface area contributed by atoms with Crippen LogP contribution in [0.5, 0.6) is 0 Å². The highest BCUT2D eigenvalue weighted by Gasteiger charge is 2.24. The zero-order chi connectivity index (χ0) is 11.5. The Morgan fingerprint density at radius 1 is 1.44 bits per heavy atom. The lowest BCUT2D eigenvalue weighted by Gasteiger charge is -2.35. The van der Waals surface area contributed by atoms with Crippen molar-refractivity contribution in [2.45, 2.75) is 51.7 Å². The fourth-order valence-electron chi connectivity index (χ4n) is 2.16. The third kappa shape index (κ3) is 2.59. The molecule has 2 N–H and O–H groups in total. The molecule has 1 aliphatic rings. The number of hydrogen-bond donors (Lipinski definition) is 1. The molecule has 1 aromatic heterocycles. The predicted molar refractivity (Wildman–Crippen MR) is 60.8 cm³/mol. The fourth-order valence-corrected chi connectivity index (χ4v) is 2.16. The highest BCUT2D eigenvalue weighted by molar-refractivity contribution is 4.86. The average molecular weight is 224 g/mol. The van der Waals surface area contributed by atoms with Crippen molar-refractivity contribution in [1.29, 1.82) is 0 Å². The zero-order valence-electron chi connectivity index (χ0n) is 10.0. The molecule has 2 heterocycles. The molecule has 0 radical (unpaired) electrons. The van der Waals surface area contributed by atoms with E-state index in [-0.39, 0.29) is 0 Å². The lowest BCUT2D eigenvalue weighted by molar-refractivity contribution is 0.127. The van der Waals surface area contributed by atoms with Gasteiger partial charge in [0, 0.05) is 25.0 Å². The Morgan fingerprint density at radius 2 is 2.19 bits per heavy atom. The van der Waals surface area contributed by atoms with Crippen LogP contribution in [0.15, 0.2) is 4.42 Å². The van der Waals surface area contributed by atoms with Crippen LogP contribution in [0.1, 0.15) is 38.5 Å². The van der Waals surface area contributed by atoms with Crippen molar-refractivity contribution in [1.82, 2.24) is 15.1 Å². The maximum Gasteiger partial charge on any atom is 0.230 e. The van der Waals surface area contributed by atoms with Gasteiger partial charge in [0.05, 0.1) is 6.54 Å². The molecule has 0 spiro atoms. The van der Waals surface area contributed by atoms with Crippen LogP contribution < -0.4 is 5.73 Å². The second kappa shape index (κ2) is 4.93. The molecular weight excluding hydrogens is 204 g/mol. The Hall–Kier alpha value is -0.940. The van der Waals surface area contributed by atoms with Crippen LogP contribution in [-0.4, -0.2) is 33.7 Å². The first-order valence-corrected chi connectivity index (χ1v) is 6.00. The van der Waals surface area contributed by atoms with Gasteiger partial charge in [0.2, 0.25) is 11.8 Å². The minimum Gasteiger partial charge on any atom is -0.424 e. The van der Waals surface area contributed by atoms with E-state index in [1.165, 1.54) is 0 Å². The first-order chi connectivity index (χ1) is 7.69. The van der Waals surface area contributed by atoms with Crippen LogP contribution in [-0.2, 0) is 13.0 Å². The van der Waals surface area contributed by atoms with E-state index in [1.807, 2.05) is 6.92 Å². The van der Waals surface area contributed by atoms with E-state index >= 15 is 0 Å². The number of nitrogens with zero attached hydrogens (tertiary/aromatic N) is 3. The Labute approximate surface area is 96.0 Å². The van der Waals surface area contributed by atoms with Gasteiger partial charge in [0.15, 0.2) is 0 Å². The molecule has 0 aliphatic carbocycles. The highest BCUT2D eigenvalue weighted by atomic mass is 16.4. The van der Waals surface area contributed by atoms with Crippen molar-refractivity contribution >= 4 is 0 Å². The van der Waals surface area contributed by atoms with Crippen molar-refractivity contribution in [2.24, 2.45) is 5.73 Å². The second-order valence-corrected chi connectivity index (χ2v) is 4.55. The summed E-state index contributed by atoms with van der Waals surface area (Å²) in [6, 6.07) is 0.848. The smallest absolute Gasteiger partial charge is 0.230 e. The molecule has 90 valence electrons. The average Bonchev–Trinajstić information content (AvgIpc) is 2.70. The molecule has 2 rings (SSSR count). The van der Waals surface area contributed by atoms with Crippen molar-refractivity contribution in [3.05, 3.63) is 11.8 Å². The predicted octanol–water partition coefficient (Wildman–Crippen LogP) is 0.944. The van der Waals surface area contributed by atoms with E-state index < -0.39 is 0 Å². The van der Waals surface area contributed by atoms with Crippen LogP contribution in [0.25, 0.3) is 0 Å². The number of likely N-dealkylation sites (tertiary alicyclic amines) is 1. The Kier molecular flexibility index (Phi) is 3.56. The quantitative estimate of drug-likeness (QED) is 0.827. The van der Waals surface area contributed by atoms with E-state index in [0.29, 0.717) is 12.1 Å². The molecule has 0 aromatic carbocycles. The van der Waals surface area contributed by atoms with E-state index in [1.54, 1.807) is 0 Å². The summed E-state index contributed by atoms with van der Waals surface area (Å²) in [4.78, 5) is 2.36. The number of nitrogens with two attached hydrogens (primary N) is 1. The summed E-state index contributed by atoms with van der Waals surface area (Å²) < 4.78 is 5.52. The maximum atomic E-state index is 5.93. The number of rotatable bonds is 3. The summed E-state index contributed by atoms with van der Waals surface area (Å²) in [5, 5.41) is 8.02.